The predicted octanol–water partition coefficient (Wildman–Crippen LogP) is 5.17. The van der Waals surface area contributed by atoms with Gasteiger partial charge in [0.15, 0.2) is 0 Å². The zero-order chi connectivity index (χ0) is 26.3. The van der Waals surface area contributed by atoms with Gasteiger partial charge in [0.25, 0.3) is 0 Å². The molecule has 3 rings (SSSR count). The maximum atomic E-state index is 10.9. The molecule has 1 aliphatic heterocycles. The SMILES string of the molecule is C.CCCCc1nc(-c2cc(N3CCN(CC(C)(C)COC(C)(C)CC=O)CC3)ccc2N)c(C=N)[nH]1. The van der Waals surface area contributed by atoms with Crippen molar-refractivity contribution in [2.75, 3.05) is 50.0 Å². The third-order valence-electron chi connectivity index (χ3n) is 6.80. The van der Waals surface area contributed by atoms with Crippen molar-refractivity contribution in [1.29, 1.82) is 5.41 Å². The number of imidazole rings is 1. The lowest BCUT2D eigenvalue weighted by atomic mass is 9.93. The highest BCUT2D eigenvalue weighted by molar-refractivity contribution is 5.89. The number of ether oxygens (including phenoxy) is 1. The first kappa shape index (κ1) is 30.5. The molecule has 0 amide bonds. The van der Waals surface area contributed by atoms with E-state index in [1.54, 1.807) is 0 Å². The van der Waals surface area contributed by atoms with Crippen LogP contribution in [-0.2, 0) is 16.0 Å². The number of nitrogens with two attached hydrogens (primary N) is 1. The molecule has 0 saturated carbocycles. The summed E-state index contributed by atoms with van der Waals surface area (Å²) in [5, 5.41) is 7.85. The first-order valence-corrected chi connectivity index (χ1v) is 13.1. The Morgan fingerprint density at radius 2 is 1.89 bits per heavy atom. The molecule has 2 heterocycles. The Morgan fingerprint density at radius 1 is 1.19 bits per heavy atom. The number of anilines is 2. The summed E-state index contributed by atoms with van der Waals surface area (Å²) in [5.74, 6) is 0.907. The number of H-pyrrole nitrogens is 1. The molecule has 8 nitrogen and oxygen atoms in total. The molecule has 4 N–H and O–H groups in total. The van der Waals surface area contributed by atoms with Crippen LogP contribution in [0.2, 0.25) is 0 Å². The minimum absolute atomic E-state index is 0. The van der Waals surface area contributed by atoms with E-state index in [2.05, 4.69) is 47.7 Å². The molecule has 1 aliphatic rings. The van der Waals surface area contributed by atoms with Crippen LogP contribution in [0.1, 0.15) is 72.8 Å². The van der Waals surface area contributed by atoms with Gasteiger partial charge in [0.05, 0.1) is 23.6 Å². The highest BCUT2D eigenvalue weighted by Gasteiger charge is 2.28. The molecule has 0 radical (unpaired) electrons. The van der Waals surface area contributed by atoms with Gasteiger partial charge in [0, 0.05) is 74.1 Å². The standard InChI is InChI=1S/C28H44N6O2.CH4/c1-6-7-8-25-31-24(18-29)26(32-25)22-17-21(9-10-23(22)30)34-14-12-33(13-15-34)19-27(2,3)20-36-28(4,5)11-16-35;/h9-10,16-18,29H,6-8,11-15,19-20,30H2,1-5H3,(H,31,32);1H4. The number of nitrogens with zero attached hydrogens (tertiary/aromatic N) is 3. The molecule has 0 unspecified atom stereocenters. The van der Waals surface area contributed by atoms with Crippen molar-refractivity contribution in [1.82, 2.24) is 14.9 Å². The van der Waals surface area contributed by atoms with Gasteiger partial charge in [-0.15, -0.1) is 0 Å². The number of nitrogens with one attached hydrogen (secondary N) is 2. The number of aromatic nitrogens is 2. The van der Waals surface area contributed by atoms with Crippen molar-refractivity contribution in [3.05, 3.63) is 29.7 Å². The van der Waals surface area contributed by atoms with Gasteiger partial charge in [-0.2, -0.15) is 0 Å². The van der Waals surface area contributed by atoms with Gasteiger partial charge in [0.1, 0.15) is 12.1 Å². The van der Waals surface area contributed by atoms with Crippen molar-refractivity contribution >= 4 is 23.9 Å². The van der Waals surface area contributed by atoms with E-state index in [1.807, 2.05) is 19.9 Å². The molecule has 1 aromatic heterocycles. The second-order valence-electron chi connectivity index (χ2n) is 11.3. The number of benzene rings is 1. The van der Waals surface area contributed by atoms with Gasteiger partial charge in [-0.1, -0.05) is 34.6 Å². The van der Waals surface area contributed by atoms with Crippen molar-refractivity contribution < 1.29 is 9.53 Å². The van der Waals surface area contributed by atoms with Crippen LogP contribution in [0.15, 0.2) is 18.2 Å². The summed E-state index contributed by atoms with van der Waals surface area (Å²) in [6.45, 7) is 15.9. The van der Waals surface area contributed by atoms with E-state index in [-0.39, 0.29) is 12.8 Å². The van der Waals surface area contributed by atoms with E-state index < -0.39 is 5.60 Å². The fourth-order valence-corrected chi connectivity index (χ4v) is 4.62. The summed E-state index contributed by atoms with van der Waals surface area (Å²) in [4.78, 5) is 23.8. The smallest absolute Gasteiger partial charge is 0.122 e. The Labute approximate surface area is 223 Å². The number of hydrogen-bond acceptors (Lipinski definition) is 7. The molecule has 0 spiro atoms. The fraction of sp³-hybridized carbons (Fsp3) is 0.621. The Bertz CT molecular complexity index is 1020. The average Bonchev–Trinajstić information content (AvgIpc) is 3.25. The molecule has 1 aromatic carbocycles. The van der Waals surface area contributed by atoms with Crippen molar-refractivity contribution in [3.63, 3.8) is 0 Å². The Morgan fingerprint density at radius 3 is 2.51 bits per heavy atom. The fourth-order valence-electron chi connectivity index (χ4n) is 4.62. The van der Waals surface area contributed by atoms with Gasteiger partial charge < -0.3 is 30.6 Å². The summed E-state index contributed by atoms with van der Waals surface area (Å²) >= 11 is 0. The molecule has 37 heavy (non-hydrogen) atoms. The zero-order valence-electron chi connectivity index (χ0n) is 22.7. The van der Waals surface area contributed by atoms with Crippen molar-refractivity contribution in [3.8, 4) is 11.3 Å². The Balaban J connectivity index is 0.00000481. The highest BCUT2D eigenvalue weighted by atomic mass is 16.5. The average molecular weight is 513 g/mol. The lowest BCUT2D eigenvalue weighted by Crippen LogP contribution is -2.50. The van der Waals surface area contributed by atoms with Gasteiger partial charge >= 0.3 is 0 Å². The van der Waals surface area contributed by atoms with Crippen LogP contribution in [0.25, 0.3) is 11.3 Å². The highest BCUT2D eigenvalue weighted by Crippen LogP contribution is 2.32. The number of hydrogen-bond donors (Lipinski definition) is 3. The largest absolute Gasteiger partial charge is 0.398 e. The van der Waals surface area contributed by atoms with Crippen LogP contribution in [0, 0.1) is 10.8 Å². The molecular weight excluding hydrogens is 464 g/mol. The number of carbonyl (C=O) groups is 1. The molecule has 206 valence electrons. The van der Waals surface area contributed by atoms with Crippen LogP contribution in [-0.4, -0.2) is 72.3 Å². The quantitative estimate of drug-likeness (QED) is 0.194. The minimum atomic E-state index is -0.423. The predicted molar refractivity (Wildman–Crippen MR) is 155 cm³/mol. The maximum Gasteiger partial charge on any atom is 0.122 e. The Kier molecular flexibility index (Phi) is 10.9. The number of aryl methyl sites for hydroxylation is 1. The monoisotopic (exact) mass is 512 g/mol. The summed E-state index contributed by atoms with van der Waals surface area (Å²) in [5.41, 5.74) is 10.1. The van der Waals surface area contributed by atoms with Crippen LogP contribution in [0.4, 0.5) is 11.4 Å². The van der Waals surface area contributed by atoms with Crippen molar-refractivity contribution in [2.45, 2.75) is 73.3 Å². The van der Waals surface area contributed by atoms with Crippen molar-refractivity contribution in [2.24, 2.45) is 5.41 Å². The molecule has 8 heteroatoms. The van der Waals surface area contributed by atoms with Gasteiger partial charge in [0.2, 0.25) is 0 Å². The normalized spacial score (nSPS) is 14.9. The van der Waals surface area contributed by atoms with E-state index in [4.69, 9.17) is 20.9 Å². The van der Waals surface area contributed by atoms with E-state index in [0.29, 0.717) is 24.4 Å². The van der Waals surface area contributed by atoms with Crippen LogP contribution in [0.3, 0.4) is 0 Å². The summed E-state index contributed by atoms with van der Waals surface area (Å²) in [7, 11) is 0. The van der Waals surface area contributed by atoms with E-state index in [0.717, 1.165) is 81.0 Å². The third-order valence-corrected chi connectivity index (χ3v) is 6.80. The van der Waals surface area contributed by atoms with E-state index in [1.165, 1.54) is 6.21 Å². The van der Waals surface area contributed by atoms with Crippen LogP contribution < -0.4 is 10.6 Å². The third kappa shape index (κ3) is 8.40. The van der Waals surface area contributed by atoms with Crippen LogP contribution >= 0.6 is 0 Å². The van der Waals surface area contributed by atoms with Crippen LogP contribution in [0.5, 0.6) is 0 Å². The number of piperazine rings is 1. The summed E-state index contributed by atoms with van der Waals surface area (Å²) in [6, 6.07) is 6.15. The first-order valence-electron chi connectivity index (χ1n) is 13.1. The van der Waals surface area contributed by atoms with E-state index >= 15 is 0 Å². The molecule has 1 fully saturated rings. The molecule has 0 atom stereocenters. The van der Waals surface area contributed by atoms with Gasteiger partial charge in [-0.3, -0.25) is 4.90 Å². The number of nitrogen functional groups attached to an aromatic ring is 1. The second kappa shape index (κ2) is 13.2. The first-order chi connectivity index (χ1) is 17.1. The molecule has 2 aromatic rings. The molecule has 0 aliphatic carbocycles. The Hall–Kier alpha value is -2.71. The minimum Gasteiger partial charge on any atom is -0.398 e. The molecule has 1 saturated heterocycles. The van der Waals surface area contributed by atoms with E-state index in [9.17, 15) is 4.79 Å². The summed E-state index contributed by atoms with van der Waals surface area (Å²) in [6.07, 6.45) is 5.69. The maximum absolute atomic E-state index is 10.9. The molecule has 0 bridgehead atoms. The number of rotatable bonds is 13. The lowest BCUT2D eigenvalue weighted by Gasteiger charge is -2.40. The lowest BCUT2D eigenvalue weighted by molar-refractivity contribution is -0.116. The zero-order valence-corrected chi connectivity index (χ0v) is 22.7. The second-order valence-corrected chi connectivity index (χ2v) is 11.3. The number of unbranched alkanes of at least 4 members (excludes halogenated alkanes) is 1. The molecular formula is C29H48N6O2. The number of aromatic amines is 1. The van der Waals surface area contributed by atoms with Gasteiger partial charge in [-0.25, -0.2) is 4.98 Å². The topological polar surface area (TPSA) is 111 Å². The number of carbonyl (C=O) groups excluding carboxylic acids is 1. The number of aldehydes is 1. The van der Waals surface area contributed by atoms with Gasteiger partial charge in [-0.05, 0) is 38.5 Å². The summed E-state index contributed by atoms with van der Waals surface area (Å²) < 4.78 is 6.07.